The first-order valence-corrected chi connectivity index (χ1v) is 30.9. The number of benzene rings is 4. The van der Waals surface area contributed by atoms with E-state index in [4.69, 9.17) is 47.4 Å². The molecule has 0 bridgehead atoms. The lowest BCUT2D eigenvalue weighted by Gasteiger charge is -2.37. The van der Waals surface area contributed by atoms with Gasteiger partial charge in [-0.2, -0.15) is 0 Å². The summed E-state index contributed by atoms with van der Waals surface area (Å²) in [7, 11) is 9.97. The van der Waals surface area contributed by atoms with Gasteiger partial charge in [-0.1, -0.05) is 87.1 Å². The van der Waals surface area contributed by atoms with Crippen LogP contribution in [0.15, 0.2) is 84.9 Å². The lowest BCUT2D eigenvalue weighted by molar-refractivity contribution is -0.0352. The Kier molecular flexibility index (Phi) is 28.1. The first-order valence-electron chi connectivity index (χ1n) is 30.9. The molecular formula is C67H100ClN3O12. The Hall–Kier alpha value is -4.39. The number of halogens is 1. The van der Waals surface area contributed by atoms with E-state index >= 15 is 0 Å². The van der Waals surface area contributed by atoms with Gasteiger partial charge in [-0.05, 0) is 136 Å². The van der Waals surface area contributed by atoms with E-state index in [1.807, 2.05) is 30.3 Å². The second-order valence-corrected chi connectivity index (χ2v) is 23.2. The Labute approximate surface area is 502 Å². The molecule has 0 radical (unpaired) electrons. The van der Waals surface area contributed by atoms with Crippen LogP contribution in [0, 0.1) is 0 Å². The zero-order chi connectivity index (χ0) is 57.5. The molecule has 6 aliphatic rings. The molecule has 9 atom stereocenters. The zero-order valence-corrected chi connectivity index (χ0v) is 51.6. The fourth-order valence-electron chi connectivity index (χ4n) is 13.3. The van der Waals surface area contributed by atoms with E-state index in [0.717, 1.165) is 138 Å². The van der Waals surface area contributed by atoms with Crippen LogP contribution in [0.25, 0.3) is 0 Å². The highest BCUT2D eigenvalue weighted by Crippen LogP contribution is 2.34. The Bertz CT molecular complexity index is 2360. The SMILES string of the molecule is COc1ccc(CCO[C@@H]2CCCC[C@H]2N2CC[C@@H](O)C2)cc1OC.COc1ccc(CCO[C@@H]2CCCC[C@H]2N2CC[C@@H](O)C2)cc1OC.COc1ccc(CCO[C@@H]2CCCC[C@H]2N2CC[C@@H](OCc3ccccc3)C2)cc1OC.Cl. The molecule has 10 rings (SSSR count). The lowest BCUT2D eigenvalue weighted by Crippen LogP contribution is -2.46. The molecule has 83 heavy (non-hydrogen) atoms. The monoisotopic (exact) mass is 1170 g/mol. The van der Waals surface area contributed by atoms with Crippen molar-refractivity contribution in [2.24, 2.45) is 0 Å². The molecule has 0 amide bonds. The quantitative estimate of drug-likeness (QED) is 0.0687. The van der Waals surface area contributed by atoms with Crippen molar-refractivity contribution in [3.8, 4) is 34.5 Å². The Morgan fingerprint density at radius 2 is 0.723 bits per heavy atom. The summed E-state index contributed by atoms with van der Waals surface area (Å²) in [6.07, 6.45) is 21.0. The van der Waals surface area contributed by atoms with Crippen molar-refractivity contribution in [1.82, 2.24) is 14.7 Å². The van der Waals surface area contributed by atoms with E-state index in [9.17, 15) is 10.2 Å². The van der Waals surface area contributed by atoms with Gasteiger partial charge in [0.2, 0.25) is 0 Å². The van der Waals surface area contributed by atoms with Crippen molar-refractivity contribution in [1.29, 1.82) is 0 Å². The Morgan fingerprint density at radius 1 is 0.373 bits per heavy atom. The van der Waals surface area contributed by atoms with Crippen LogP contribution < -0.4 is 28.4 Å². The van der Waals surface area contributed by atoms with Crippen LogP contribution in [-0.2, 0) is 44.8 Å². The fourth-order valence-corrected chi connectivity index (χ4v) is 13.3. The molecule has 3 saturated heterocycles. The maximum absolute atomic E-state index is 9.83. The molecule has 3 saturated carbocycles. The number of hydrogen-bond acceptors (Lipinski definition) is 15. The number of β-amino-alcohol motifs (C(OH)–C–C–N with tert-alkyl or cyclic N) is 2. The summed E-state index contributed by atoms with van der Waals surface area (Å²) in [5.41, 5.74) is 4.86. The van der Waals surface area contributed by atoms with Crippen LogP contribution in [0.5, 0.6) is 34.5 Å². The van der Waals surface area contributed by atoms with Crippen LogP contribution in [-0.4, -0.2) is 181 Å². The van der Waals surface area contributed by atoms with Gasteiger partial charge in [0.25, 0.3) is 0 Å². The van der Waals surface area contributed by atoms with E-state index in [1.54, 1.807) is 42.7 Å². The zero-order valence-electron chi connectivity index (χ0n) is 50.8. The first-order chi connectivity index (χ1) is 40.2. The van der Waals surface area contributed by atoms with Gasteiger partial charge in [0.1, 0.15) is 0 Å². The Balaban J connectivity index is 0.000000180. The number of aliphatic hydroxyl groups excluding tert-OH is 2. The van der Waals surface area contributed by atoms with Crippen LogP contribution in [0.1, 0.15) is 119 Å². The van der Waals surface area contributed by atoms with E-state index in [0.29, 0.717) is 62.4 Å². The highest BCUT2D eigenvalue weighted by molar-refractivity contribution is 5.85. The minimum absolute atomic E-state index is 0. The maximum atomic E-state index is 9.83. The number of rotatable bonds is 24. The third kappa shape index (κ3) is 19.8. The summed E-state index contributed by atoms with van der Waals surface area (Å²) in [6.45, 7) is 8.61. The maximum Gasteiger partial charge on any atom is 0.160 e. The van der Waals surface area contributed by atoms with E-state index < -0.39 is 0 Å². The number of methoxy groups -OCH3 is 6. The lowest BCUT2D eigenvalue weighted by atomic mass is 9.91. The highest BCUT2D eigenvalue weighted by Gasteiger charge is 2.38. The molecule has 3 aliphatic carbocycles. The van der Waals surface area contributed by atoms with Crippen LogP contribution >= 0.6 is 12.4 Å². The molecule has 3 heterocycles. The predicted octanol–water partition coefficient (Wildman–Crippen LogP) is 10.6. The average Bonchev–Trinajstić information content (AvgIpc) is 4.44. The van der Waals surface area contributed by atoms with Crippen molar-refractivity contribution in [2.75, 3.05) is 102 Å². The predicted molar refractivity (Wildman–Crippen MR) is 329 cm³/mol. The summed E-state index contributed by atoms with van der Waals surface area (Å²) in [5.74, 6) is 4.59. The summed E-state index contributed by atoms with van der Waals surface area (Å²) in [4.78, 5) is 7.49. The van der Waals surface area contributed by atoms with Crippen molar-refractivity contribution >= 4 is 12.4 Å². The van der Waals surface area contributed by atoms with E-state index in [1.165, 1.54) is 80.0 Å². The van der Waals surface area contributed by atoms with Crippen LogP contribution in [0.4, 0.5) is 0 Å². The van der Waals surface area contributed by atoms with Gasteiger partial charge in [-0.3, -0.25) is 14.7 Å². The van der Waals surface area contributed by atoms with Gasteiger partial charge in [0.15, 0.2) is 34.5 Å². The number of hydrogen-bond donors (Lipinski definition) is 2. The van der Waals surface area contributed by atoms with Crippen LogP contribution in [0.3, 0.4) is 0 Å². The van der Waals surface area contributed by atoms with Crippen molar-refractivity contribution in [2.45, 2.75) is 177 Å². The summed E-state index contributed by atoms with van der Waals surface area (Å²) < 4.78 is 57.3. The average molecular weight is 1170 g/mol. The second-order valence-electron chi connectivity index (χ2n) is 23.2. The van der Waals surface area contributed by atoms with Crippen molar-refractivity contribution in [3.63, 3.8) is 0 Å². The number of ether oxygens (including phenoxy) is 10. The van der Waals surface area contributed by atoms with Gasteiger partial charge < -0.3 is 57.6 Å². The third-order valence-electron chi connectivity index (χ3n) is 17.8. The molecule has 4 aromatic carbocycles. The largest absolute Gasteiger partial charge is 0.493 e. The number of likely N-dealkylation sites (tertiary alicyclic amines) is 3. The molecule has 462 valence electrons. The second kappa shape index (κ2) is 35.3. The third-order valence-corrected chi connectivity index (χ3v) is 17.8. The van der Waals surface area contributed by atoms with Gasteiger partial charge in [-0.25, -0.2) is 0 Å². The molecular weight excluding hydrogens is 1070 g/mol. The minimum atomic E-state index is -0.158. The topological polar surface area (TPSA) is 142 Å². The molecule has 0 spiro atoms. The molecule has 16 heteroatoms. The standard InChI is InChI=1S/C27H37NO4.2C20H31NO4.ClH/c1-29-26-13-12-21(18-27(26)30-2)15-17-31-25-11-7-6-10-24(25)28-16-14-23(19-28)32-20-22-8-4-3-5-9-22;2*1-23-19-8-7-15(13-20(19)24-2)10-12-25-18-6-4-3-5-17(18)21-11-9-16(22)14-21;/h3-5,8-9,12-13,18,23-25H,6-7,10-11,14-17,19-20H2,1-2H3;2*7-8,13,16-18,22H,3-6,9-12,14H2,1-2H3;1H/t23-,24-,25-;2*16-,17-,18-;/m111./s1. The van der Waals surface area contributed by atoms with Crippen molar-refractivity contribution < 1.29 is 57.6 Å². The molecule has 15 nitrogen and oxygen atoms in total. The summed E-state index contributed by atoms with van der Waals surface area (Å²) >= 11 is 0. The van der Waals surface area contributed by atoms with Gasteiger partial charge >= 0.3 is 0 Å². The molecule has 6 fully saturated rings. The molecule has 3 aliphatic heterocycles. The van der Waals surface area contributed by atoms with Crippen LogP contribution in [0.2, 0.25) is 0 Å². The van der Waals surface area contributed by atoms with Gasteiger partial charge in [-0.15, -0.1) is 12.4 Å². The molecule has 4 aromatic rings. The Morgan fingerprint density at radius 3 is 1.07 bits per heavy atom. The summed E-state index contributed by atoms with van der Waals surface area (Å²) in [6, 6.07) is 30.1. The molecule has 0 aromatic heterocycles. The smallest absolute Gasteiger partial charge is 0.160 e. The van der Waals surface area contributed by atoms with E-state index in [-0.39, 0.29) is 24.6 Å². The first kappa shape index (κ1) is 66.1. The van der Waals surface area contributed by atoms with Gasteiger partial charge in [0.05, 0.1) is 106 Å². The van der Waals surface area contributed by atoms with Crippen molar-refractivity contribution in [3.05, 3.63) is 107 Å². The van der Waals surface area contributed by atoms with Gasteiger partial charge in [0, 0.05) is 57.4 Å². The highest BCUT2D eigenvalue weighted by atomic mass is 35.5. The minimum Gasteiger partial charge on any atom is -0.493 e. The number of aliphatic hydroxyl groups is 2. The fraction of sp³-hybridized carbons (Fsp3) is 0.642. The summed E-state index contributed by atoms with van der Waals surface area (Å²) in [5, 5.41) is 19.7. The molecule has 0 unspecified atom stereocenters. The van der Waals surface area contributed by atoms with E-state index in [2.05, 4.69) is 69.3 Å². The number of nitrogens with zero attached hydrogens (tertiary/aromatic N) is 3. The molecule has 2 N–H and O–H groups in total. The normalized spacial score (nSPS) is 25.7.